The van der Waals surface area contributed by atoms with Crippen molar-refractivity contribution in [3.8, 4) is 6.07 Å². The van der Waals surface area contributed by atoms with E-state index in [0.717, 1.165) is 23.3 Å². The second kappa shape index (κ2) is 3.89. The van der Waals surface area contributed by atoms with Gasteiger partial charge in [0, 0.05) is 24.5 Å². The summed E-state index contributed by atoms with van der Waals surface area (Å²) in [6.45, 7) is 4.22. The third kappa shape index (κ3) is 1.48. The van der Waals surface area contributed by atoms with Crippen molar-refractivity contribution in [3.63, 3.8) is 0 Å². The minimum Gasteiger partial charge on any atom is -0.326 e. The summed E-state index contributed by atoms with van der Waals surface area (Å²) in [5.41, 5.74) is 6.80. The van der Waals surface area contributed by atoms with Crippen molar-refractivity contribution in [3.05, 3.63) is 58.9 Å². The molecule has 0 saturated heterocycles. The highest BCUT2D eigenvalue weighted by Gasteiger charge is 2.23. The average Bonchev–Trinajstić information content (AvgIpc) is 2.96. The summed E-state index contributed by atoms with van der Waals surface area (Å²) >= 11 is 0. The third-order valence-corrected chi connectivity index (χ3v) is 3.66. The number of benzene rings is 1. The van der Waals surface area contributed by atoms with Crippen LogP contribution in [0.15, 0.2) is 36.7 Å². The van der Waals surface area contributed by atoms with Crippen LogP contribution in [0.5, 0.6) is 0 Å². The fourth-order valence-corrected chi connectivity index (χ4v) is 2.54. The van der Waals surface area contributed by atoms with E-state index in [-0.39, 0.29) is 0 Å². The topological polar surface area (TPSA) is 28.7 Å². The minimum atomic E-state index is 0.810. The lowest BCUT2D eigenvalue weighted by Crippen LogP contribution is -1.94. The highest BCUT2D eigenvalue weighted by molar-refractivity contribution is 5.97. The molecule has 0 radical (unpaired) electrons. The molecule has 0 saturated carbocycles. The smallest absolute Gasteiger partial charge is 0.102 e. The molecule has 1 aliphatic rings. The predicted octanol–water partition coefficient (Wildman–Crippen LogP) is 3.55. The lowest BCUT2D eigenvalue weighted by Gasteiger charge is -2.04. The first kappa shape index (κ1) is 10.9. The van der Waals surface area contributed by atoms with Crippen LogP contribution in [0.4, 0.5) is 0 Å². The lowest BCUT2D eigenvalue weighted by molar-refractivity contribution is 1.06. The molecule has 3 rings (SSSR count). The summed E-state index contributed by atoms with van der Waals surface area (Å²) < 4.78 is 2.04. The van der Waals surface area contributed by atoms with Crippen LogP contribution in [0, 0.1) is 25.2 Å². The number of aromatic nitrogens is 1. The Bertz CT molecular complexity index is 683. The van der Waals surface area contributed by atoms with E-state index >= 15 is 0 Å². The van der Waals surface area contributed by atoms with Crippen LogP contribution in [-0.2, 0) is 6.42 Å². The second-order valence-corrected chi connectivity index (χ2v) is 4.79. The largest absolute Gasteiger partial charge is 0.326 e. The summed E-state index contributed by atoms with van der Waals surface area (Å²) in [6, 6.07) is 10.7. The van der Waals surface area contributed by atoms with E-state index < -0.39 is 0 Å². The van der Waals surface area contributed by atoms with Gasteiger partial charge in [0.05, 0.1) is 5.57 Å². The molecule has 1 aromatic heterocycles. The van der Waals surface area contributed by atoms with E-state index in [4.69, 9.17) is 0 Å². The molecule has 0 atom stereocenters. The number of nitrogens with zero attached hydrogens (tertiary/aromatic N) is 2. The number of allylic oxidation sites excluding steroid dienone is 2. The molecule has 1 aromatic carbocycles. The maximum Gasteiger partial charge on any atom is 0.102 e. The minimum absolute atomic E-state index is 0.810. The summed E-state index contributed by atoms with van der Waals surface area (Å²) in [7, 11) is 0. The van der Waals surface area contributed by atoms with Crippen LogP contribution in [0.1, 0.15) is 22.3 Å². The SMILES string of the molecule is Cc1cc2c(cc1C)C(C#N)=C(n1cccc1)C2. The Balaban J connectivity index is 2.20. The molecular weight excluding hydrogens is 220 g/mol. The van der Waals surface area contributed by atoms with Gasteiger partial charge in [-0.15, -0.1) is 0 Å². The standard InChI is InChI=1S/C16H14N2/c1-11-7-13-9-16(18-5-3-4-6-18)15(10-17)14(13)8-12(11)2/h3-8H,9H2,1-2H3. The quantitative estimate of drug-likeness (QED) is 0.741. The van der Waals surface area contributed by atoms with Gasteiger partial charge >= 0.3 is 0 Å². The van der Waals surface area contributed by atoms with Gasteiger partial charge < -0.3 is 4.57 Å². The third-order valence-electron chi connectivity index (χ3n) is 3.66. The molecule has 1 aliphatic carbocycles. The number of rotatable bonds is 1. The first-order valence-corrected chi connectivity index (χ1v) is 6.08. The van der Waals surface area contributed by atoms with Gasteiger partial charge in [-0.25, -0.2) is 0 Å². The van der Waals surface area contributed by atoms with Gasteiger partial charge in [-0.1, -0.05) is 12.1 Å². The molecule has 0 amide bonds. The number of hydrogen-bond acceptors (Lipinski definition) is 1. The first-order valence-electron chi connectivity index (χ1n) is 6.08. The molecule has 18 heavy (non-hydrogen) atoms. The number of fused-ring (bicyclic) bond motifs is 1. The van der Waals surface area contributed by atoms with Crippen molar-refractivity contribution >= 4 is 11.3 Å². The van der Waals surface area contributed by atoms with Crippen LogP contribution in [-0.4, -0.2) is 4.57 Å². The molecule has 2 aromatic rings. The van der Waals surface area contributed by atoms with Crippen LogP contribution in [0.25, 0.3) is 11.3 Å². The molecule has 0 spiro atoms. The van der Waals surface area contributed by atoms with Crippen LogP contribution in [0.2, 0.25) is 0 Å². The number of aryl methyl sites for hydroxylation is 2. The van der Waals surface area contributed by atoms with Crippen LogP contribution >= 0.6 is 0 Å². The molecule has 88 valence electrons. The van der Waals surface area contributed by atoms with Gasteiger partial charge in [-0.2, -0.15) is 5.26 Å². The Morgan fingerprint density at radius 3 is 2.44 bits per heavy atom. The van der Waals surface area contributed by atoms with Crippen molar-refractivity contribution in [1.82, 2.24) is 4.57 Å². The van der Waals surface area contributed by atoms with E-state index in [9.17, 15) is 5.26 Å². The van der Waals surface area contributed by atoms with Gasteiger partial charge in [0.25, 0.3) is 0 Å². The number of nitriles is 1. The predicted molar refractivity (Wildman–Crippen MR) is 72.8 cm³/mol. The molecule has 0 unspecified atom stereocenters. The average molecular weight is 234 g/mol. The molecule has 0 fully saturated rings. The maximum atomic E-state index is 9.42. The van der Waals surface area contributed by atoms with Gasteiger partial charge in [0.1, 0.15) is 6.07 Å². The maximum absolute atomic E-state index is 9.42. The van der Waals surface area contributed by atoms with Crippen molar-refractivity contribution in [2.24, 2.45) is 0 Å². The lowest BCUT2D eigenvalue weighted by atomic mass is 9.99. The fourth-order valence-electron chi connectivity index (χ4n) is 2.54. The Morgan fingerprint density at radius 2 is 1.78 bits per heavy atom. The molecule has 0 bridgehead atoms. The molecular formula is C16H14N2. The normalized spacial score (nSPS) is 13.6. The molecule has 0 aliphatic heterocycles. The zero-order valence-electron chi connectivity index (χ0n) is 10.6. The first-order chi connectivity index (χ1) is 8.70. The highest BCUT2D eigenvalue weighted by Crippen LogP contribution is 2.36. The van der Waals surface area contributed by atoms with Crippen LogP contribution < -0.4 is 0 Å². The van der Waals surface area contributed by atoms with Crippen molar-refractivity contribution in [1.29, 1.82) is 5.26 Å². The van der Waals surface area contributed by atoms with E-state index in [2.05, 4.69) is 32.0 Å². The van der Waals surface area contributed by atoms with Crippen molar-refractivity contribution in [2.75, 3.05) is 0 Å². The molecule has 2 heteroatoms. The van der Waals surface area contributed by atoms with E-state index in [1.54, 1.807) is 0 Å². The fraction of sp³-hybridized carbons (Fsp3) is 0.188. The summed E-state index contributed by atoms with van der Waals surface area (Å²) in [5, 5.41) is 9.42. The number of hydrogen-bond donors (Lipinski definition) is 0. The van der Waals surface area contributed by atoms with Gasteiger partial charge in [0.2, 0.25) is 0 Å². The summed E-state index contributed by atoms with van der Waals surface area (Å²) in [5.74, 6) is 0. The van der Waals surface area contributed by atoms with E-state index in [1.165, 1.54) is 16.7 Å². The summed E-state index contributed by atoms with van der Waals surface area (Å²) in [6.07, 6.45) is 4.84. The molecule has 0 N–H and O–H groups in total. The van der Waals surface area contributed by atoms with Gasteiger partial charge in [-0.3, -0.25) is 0 Å². The molecule has 1 heterocycles. The Labute approximate surface area is 107 Å². The van der Waals surface area contributed by atoms with Crippen LogP contribution in [0.3, 0.4) is 0 Å². The second-order valence-electron chi connectivity index (χ2n) is 4.79. The summed E-state index contributed by atoms with van der Waals surface area (Å²) in [4.78, 5) is 0. The Kier molecular flexibility index (Phi) is 2.34. The molecule has 2 nitrogen and oxygen atoms in total. The highest BCUT2D eigenvalue weighted by atomic mass is 15.0. The van der Waals surface area contributed by atoms with Gasteiger partial charge in [-0.05, 0) is 48.2 Å². The van der Waals surface area contributed by atoms with E-state index in [1.807, 2.05) is 29.1 Å². The zero-order valence-corrected chi connectivity index (χ0v) is 10.6. The van der Waals surface area contributed by atoms with Crippen molar-refractivity contribution in [2.45, 2.75) is 20.3 Å². The monoisotopic (exact) mass is 234 g/mol. The van der Waals surface area contributed by atoms with Gasteiger partial charge in [0.15, 0.2) is 0 Å². The van der Waals surface area contributed by atoms with E-state index in [0.29, 0.717) is 0 Å². The Hall–Kier alpha value is -2.27. The zero-order chi connectivity index (χ0) is 12.7. The van der Waals surface area contributed by atoms with Crippen molar-refractivity contribution < 1.29 is 0 Å². The Morgan fingerprint density at radius 1 is 1.11 bits per heavy atom.